The molecule has 0 aliphatic rings. The van der Waals surface area contributed by atoms with E-state index >= 15 is 0 Å². The maximum atomic E-state index is 6.01. The van der Waals surface area contributed by atoms with Crippen LogP contribution in [0.4, 0.5) is 0 Å². The lowest BCUT2D eigenvalue weighted by Gasteiger charge is -2.11. The summed E-state index contributed by atoms with van der Waals surface area (Å²) in [5, 5.41) is 1.17. The van der Waals surface area contributed by atoms with Crippen molar-refractivity contribution in [3.63, 3.8) is 0 Å². The van der Waals surface area contributed by atoms with Crippen LogP contribution in [0.15, 0.2) is 18.5 Å². The first-order valence-electron chi connectivity index (χ1n) is 5.36. The van der Waals surface area contributed by atoms with Gasteiger partial charge in [0.1, 0.15) is 11.5 Å². The lowest BCUT2D eigenvalue weighted by molar-refractivity contribution is 0.314. The van der Waals surface area contributed by atoms with Gasteiger partial charge in [0, 0.05) is 17.2 Å². The summed E-state index contributed by atoms with van der Waals surface area (Å²) in [6.45, 7) is 0.627. The predicted molar refractivity (Wildman–Crippen MR) is 75.0 cm³/mol. The first kappa shape index (κ1) is 13.2. The van der Waals surface area contributed by atoms with E-state index in [0.29, 0.717) is 23.3 Å². The molecule has 0 atom stereocenters. The van der Waals surface area contributed by atoms with Crippen molar-refractivity contribution in [2.24, 2.45) is 0 Å². The Hall–Kier alpha value is -1.20. The van der Waals surface area contributed by atoms with Crippen molar-refractivity contribution in [3.8, 4) is 11.5 Å². The fraction of sp³-hybridized carbons (Fsp3) is 0.333. The van der Waals surface area contributed by atoms with Crippen LogP contribution in [0.1, 0.15) is 0 Å². The minimum absolute atomic E-state index is 0.411. The largest absolute Gasteiger partial charge is 0.493 e. The van der Waals surface area contributed by atoms with E-state index in [-0.39, 0.29) is 0 Å². The van der Waals surface area contributed by atoms with Crippen LogP contribution in [0, 0.1) is 0 Å². The minimum Gasteiger partial charge on any atom is -0.493 e. The van der Waals surface area contributed by atoms with Crippen LogP contribution in [0.3, 0.4) is 0 Å². The van der Waals surface area contributed by atoms with Gasteiger partial charge in [-0.05, 0) is 12.3 Å². The number of hydrogen-bond acceptors (Lipinski definition) is 5. The monoisotopic (exact) mass is 284 g/mol. The van der Waals surface area contributed by atoms with Gasteiger partial charge in [-0.3, -0.25) is 0 Å². The summed E-state index contributed by atoms with van der Waals surface area (Å²) in [5.74, 6) is 2.24. The Labute approximate surface area is 115 Å². The van der Waals surface area contributed by atoms with Crippen LogP contribution >= 0.6 is 23.4 Å². The van der Waals surface area contributed by atoms with Crippen LogP contribution in [0.25, 0.3) is 10.9 Å². The molecule has 0 amide bonds. The number of rotatable bonds is 5. The summed E-state index contributed by atoms with van der Waals surface area (Å²) >= 11 is 7.74. The van der Waals surface area contributed by atoms with Crippen molar-refractivity contribution in [1.29, 1.82) is 0 Å². The van der Waals surface area contributed by atoms with Crippen LogP contribution in [0.5, 0.6) is 11.5 Å². The lowest BCUT2D eigenvalue weighted by atomic mass is 10.2. The molecule has 0 saturated carbocycles. The summed E-state index contributed by atoms with van der Waals surface area (Å²) in [7, 11) is 1.60. The van der Waals surface area contributed by atoms with E-state index in [9.17, 15) is 0 Å². The number of nitrogens with zero attached hydrogens (tertiary/aromatic N) is 2. The average molecular weight is 285 g/mol. The zero-order valence-electron chi connectivity index (χ0n) is 10.1. The van der Waals surface area contributed by atoms with Crippen LogP contribution in [-0.2, 0) is 0 Å². The van der Waals surface area contributed by atoms with Crippen LogP contribution in [0.2, 0.25) is 5.15 Å². The third-order valence-electron chi connectivity index (χ3n) is 2.42. The number of aromatic nitrogens is 2. The van der Waals surface area contributed by atoms with Gasteiger partial charge in [0.25, 0.3) is 0 Å². The molecule has 6 heteroatoms. The number of ether oxygens (including phenoxy) is 2. The van der Waals surface area contributed by atoms with Gasteiger partial charge in [-0.25, -0.2) is 9.97 Å². The number of halogens is 1. The SMILES string of the molecule is COc1cc2c(Cl)ncnc2cc1OCCSC. The highest BCUT2D eigenvalue weighted by Crippen LogP contribution is 2.33. The fourth-order valence-corrected chi connectivity index (χ4v) is 1.98. The van der Waals surface area contributed by atoms with Crippen LogP contribution < -0.4 is 9.47 Å². The molecule has 0 radical (unpaired) electrons. The highest BCUT2D eigenvalue weighted by Gasteiger charge is 2.10. The first-order valence-corrected chi connectivity index (χ1v) is 7.13. The minimum atomic E-state index is 0.411. The van der Waals surface area contributed by atoms with Gasteiger partial charge in [0.05, 0.1) is 19.2 Å². The van der Waals surface area contributed by atoms with Gasteiger partial charge < -0.3 is 9.47 Å². The molecule has 96 valence electrons. The summed E-state index contributed by atoms with van der Waals surface area (Å²) in [4.78, 5) is 8.11. The van der Waals surface area contributed by atoms with Gasteiger partial charge in [0.2, 0.25) is 0 Å². The van der Waals surface area contributed by atoms with Crippen molar-refractivity contribution in [2.45, 2.75) is 0 Å². The molecule has 1 aromatic carbocycles. The topological polar surface area (TPSA) is 44.2 Å². The molecule has 0 spiro atoms. The standard InChI is InChI=1S/C12H13ClN2O2S/c1-16-10-5-8-9(14-7-15-12(8)13)6-11(10)17-3-4-18-2/h5-7H,3-4H2,1-2H3. The molecule has 0 N–H and O–H groups in total. The Kier molecular flexibility index (Phi) is 4.49. The highest BCUT2D eigenvalue weighted by atomic mass is 35.5. The van der Waals surface area contributed by atoms with Crippen molar-refractivity contribution in [3.05, 3.63) is 23.6 Å². The number of methoxy groups -OCH3 is 1. The molecule has 0 saturated heterocycles. The zero-order chi connectivity index (χ0) is 13.0. The van der Waals surface area contributed by atoms with E-state index in [1.165, 1.54) is 6.33 Å². The summed E-state index contributed by atoms with van der Waals surface area (Å²) < 4.78 is 11.0. The fourth-order valence-electron chi connectivity index (χ4n) is 1.54. The van der Waals surface area contributed by atoms with E-state index in [4.69, 9.17) is 21.1 Å². The zero-order valence-corrected chi connectivity index (χ0v) is 11.7. The number of fused-ring (bicyclic) bond motifs is 1. The van der Waals surface area contributed by atoms with Crippen molar-refractivity contribution in [1.82, 2.24) is 9.97 Å². The maximum absolute atomic E-state index is 6.01. The Morgan fingerprint density at radius 3 is 2.83 bits per heavy atom. The Morgan fingerprint density at radius 2 is 2.11 bits per heavy atom. The molecular formula is C12H13ClN2O2S. The van der Waals surface area contributed by atoms with E-state index < -0.39 is 0 Å². The quantitative estimate of drug-likeness (QED) is 0.624. The van der Waals surface area contributed by atoms with Gasteiger partial charge in [-0.2, -0.15) is 11.8 Å². The van der Waals surface area contributed by atoms with E-state index in [2.05, 4.69) is 9.97 Å². The molecule has 1 aromatic heterocycles. The number of benzene rings is 1. The molecule has 4 nitrogen and oxygen atoms in total. The third kappa shape index (κ3) is 2.79. The normalized spacial score (nSPS) is 10.6. The summed E-state index contributed by atoms with van der Waals surface area (Å²) in [5.41, 5.74) is 0.745. The molecule has 0 fully saturated rings. The Balaban J connectivity index is 2.39. The van der Waals surface area contributed by atoms with Crippen molar-refractivity contribution >= 4 is 34.3 Å². The van der Waals surface area contributed by atoms with Crippen LogP contribution in [-0.4, -0.2) is 35.7 Å². The first-order chi connectivity index (χ1) is 8.76. The molecule has 0 aliphatic heterocycles. The molecule has 0 unspecified atom stereocenters. The van der Waals surface area contributed by atoms with Crippen molar-refractivity contribution in [2.75, 3.05) is 25.7 Å². The second-order valence-electron chi connectivity index (χ2n) is 3.53. The van der Waals surface area contributed by atoms with Gasteiger partial charge >= 0.3 is 0 Å². The van der Waals surface area contributed by atoms with Crippen molar-refractivity contribution < 1.29 is 9.47 Å². The molecule has 18 heavy (non-hydrogen) atoms. The molecule has 1 heterocycles. The third-order valence-corrected chi connectivity index (χ3v) is 3.29. The second-order valence-corrected chi connectivity index (χ2v) is 4.87. The second kappa shape index (κ2) is 6.11. The van der Waals surface area contributed by atoms with Gasteiger partial charge in [0.15, 0.2) is 11.5 Å². The van der Waals surface area contributed by atoms with E-state index in [1.54, 1.807) is 24.9 Å². The molecular weight excluding hydrogens is 272 g/mol. The molecule has 0 aliphatic carbocycles. The maximum Gasteiger partial charge on any atom is 0.163 e. The van der Waals surface area contributed by atoms with Gasteiger partial charge in [-0.1, -0.05) is 11.6 Å². The van der Waals surface area contributed by atoms with E-state index in [0.717, 1.165) is 16.7 Å². The summed E-state index contributed by atoms with van der Waals surface area (Å²) in [6.07, 6.45) is 3.47. The van der Waals surface area contributed by atoms with Gasteiger partial charge in [-0.15, -0.1) is 0 Å². The Bertz CT molecular complexity index is 551. The number of thioether (sulfide) groups is 1. The molecule has 2 aromatic rings. The lowest BCUT2D eigenvalue weighted by Crippen LogP contribution is -2.01. The molecule has 0 bridgehead atoms. The Morgan fingerprint density at radius 1 is 1.28 bits per heavy atom. The summed E-state index contributed by atoms with van der Waals surface area (Å²) in [6, 6.07) is 3.62. The average Bonchev–Trinajstić information content (AvgIpc) is 2.39. The highest BCUT2D eigenvalue weighted by molar-refractivity contribution is 7.98. The predicted octanol–water partition coefficient (Wildman–Crippen LogP) is 3.03. The molecule has 2 rings (SSSR count). The number of hydrogen-bond donors (Lipinski definition) is 0. The van der Waals surface area contributed by atoms with E-state index in [1.807, 2.05) is 12.3 Å². The smallest absolute Gasteiger partial charge is 0.163 e.